The van der Waals surface area contributed by atoms with E-state index < -0.39 is 0 Å². The standard InChI is InChI=1S/C17H29N3/c1-15-5-3-4-6-17(15)20-9-7-16(8-10-20)19-13-11-18(2)12-14-19/h5-6,16H,3-4,7-14H2,1-2H3. The minimum atomic E-state index is 0.827. The Kier molecular flexibility index (Phi) is 4.47. The van der Waals surface area contributed by atoms with Gasteiger partial charge in [0.25, 0.3) is 0 Å². The normalized spacial score (nSPS) is 27.4. The molecule has 2 heterocycles. The second kappa shape index (κ2) is 6.31. The van der Waals surface area contributed by atoms with Crippen LogP contribution in [0.15, 0.2) is 23.4 Å². The second-order valence-corrected chi connectivity index (χ2v) is 6.61. The molecular formula is C17H29N3. The van der Waals surface area contributed by atoms with Gasteiger partial charge in [0.1, 0.15) is 0 Å². The van der Waals surface area contributed by atoms with Crippen molar-refractivity contribution in [2.24, 2.45) is 0 Å². The Morgan fingerprint density at radius 1 is 0.900 bits per heavy atom. The summed E-state index contributed by atoms with van der Waals surface area (Å²) >= 11 is 0. The van der Waals surface area contributed by atoms with E-state index in [9.17, 15) is 0 Å². The molecule has 0 unspecified atom stereocenters. The van der Waals surface area contributed by atoms with Crippen molar-refractivity contribution in [1.82, 2.24) is 14.7 Å². The summed E-state index contributed by atoms with van der Waals surface area (Å²) in [5.74, 6) is 0. The Morgan fingerprint density at radius 3 is 2.20 bits per heavy atom. The number of likely N-dealkylation sites (tertiary alicyclic amines) is 1. The van der Waals surface area contributed by atoms with Crippen LogP contribution in [-0.4, -0.2) is 67.1 Å². The topological polar surface area (TPSA) is 9.72 Å². The molecule has 0 spiro atoms. The lowest BCUT2D eigenvalue weighted by Crippen LogP contribution is -2.52. The largest absolute Gasteiger partial charge is 0.371 e. The van der Waals surface area contributed by atoms with Crippen LogP contribution in [0.3, 0.4) is 0 Å². The maximum Gasteiger partial charge on any atom is 0.0352 e. The van der Waals surface area contributed by atoms with Crippen molar-refractivity contribution in [2.75, 3.05) is 46.3 Å². The summed E-state index contributed by atoms with van der Waals surface area (Å²) in [6.45, 7) is 9.78. The van der Waals surface area contributed by atoms with Crippen LogP contribution in [0.5, 0.6) is 0 Å². The molecule has 2 saturated heterocycles. The van der Waals surface area contributed by atoms with Gasteiger partial charge in [0, 0.05) is 51.0 Å². The number of likely N-dealkylation sites (N-methyl/N-ethyl adjacent to an activating group) is 1. The highest BCUT2D eigenvalue weighted by atomic mass is 15.3. The third-order valence-corrected chi connectivity index (χ3v) is 5.22. The number of nitrogens with zero attached hydrogens (tertiary/aromatic N) is 3. The van der Waals surface area contributed by atoms with E-state index >= 15 is 0 Å². The lowest BCUT2D eigenvalue weighted by molar-refractivity contribution is 0.0761. The fraction of sp³-hybridized carbons (Fsp3) is 0.765. The first-order chi connectivity index (χ1) is 9.74. The summed E-state index contributed by atoms with van der Waals surface area (Å²) < 4.78 is 0. The summed E-state index contributed by atoms with van der Waals surface area (Å²) in [4.78, 5) is 7.81. The highest BCUT2D eigenvalue weighted by Gasteiger charge is 2.27. The van der Waals surface area contributed by atoms with Crippen molar-refractivity contribution in [3.63, 3.8) is 0 Å². The summed E-state index contributed by atoms with van der Waals surface area (Å²) in [6, 6.07) is 0.827. The molecule has 0 aromatic carbocycles. The molecule has 0 atom stereocenters. The molecule has 3 rings (SSSR count). The molecule has 0 aromatic heterocycles. The van der Waals surface area contributed by atoms with Crippen LogP contribution < -0.4 is 0 Å². The van der Waals surface area contributed by atoms with Gasteiger partial charge >= 0.3 is 0 Å². The molecule has 112 valence electrons. The number of piperidine rings is 1. The van der Waals surface area contributed by atoms with Gasteiger partial charge in [-0.2, -0.15) is 0 Å². The van der Waals surface area contributed by atoms with E-state index in [-0.39, 0.29) is 0 Å². The molecule has 0 N–H and O–H groups in total. The monoisotopic (exact) mass is 275 g/mol. The van der Waals surface area contributed by atoms with E-state index in [0.29, 0.717) is 0 Å². The van der Waals surface area contributed by atoms with Crippen molar-refractivity contribution in [3.8, 4) is 0 Å². The Bertz CT molecular complexity index is 383. The Hall–Kier alpha value is -0.800. The second-order valence-electron chi connectivity index (χ2n) is 6.61. The predicted molar refractivity (Wildman–Crippen MR) is 84.7 cm³/mol. The first-order valence-corrected chi connectivity index (χ1v) is 8.29. The van der Waals surface area contributed by atoms with E-state index in [1.54, 1.807) is 0 Å². The Labute approximate surface area is 123 Å². The maximum atomic E-state index is 2.73. The fourth-order valence-electron chi connectivity index (χ4n) is 3.82. The van der Waals surface area contributed by atoms with Crippen LogP contribution in [0.25, 0.3) is 0 Å². The van der Waals surface area contributed by atoms with Gasteiger partial charge in [-0.25, -0.2) is 0 Å². The smallest absolute Gasteiger partial charge is 0.0352 e. The minimum absolute atomic E-state index is 0.827. The molecule has 3 aliphatic rings. The van der Waals surface area contributed by atoms with Crippen molar-refractivity contribution < 1.29 is 0 Å². The van der Waals surface area contributed by atoms with Crippen LogP contribution in [0.4, 0.5) is 0 Å². The molecule has 0 aromatic rings. The summed E-state index contributed by atoms with van der Waals surface area (Å²) in [7, 11) is 2.24. The summed E-state index contributed by atoms with van der Waals surface area (Å²) in [6.07, 6.45) is 9.99. The van der Waals surface area contributed by atoms with E-state index in [1.165, 1.54) is 76.2 Å². The third-order valence-electron chi connectivity index (χ3n) is 5.22. The van der Waals surface area contributed by atoms with Crippen LogP contribution in [0.2, 0.25) is 0 Å². The zero-order chi connectivity index (χ0) is 13.9. The highest BCUT2D eigenvalue weighted by Crippen LogP contribution is 2.26. The van der Waals surface area contributed by atoms with Crippen LogP contribution in [0, 0.1) is 0 Å². The van der Waals surface area contributed by atoms with Gasteiger partial charge in [-0.1, -0.05) is 12.2 Å². The maximum absolute atomic E-state index is 2.73. The first kappa shape index (κ1) is 14.2. The van der Waals surface area contributed by atoms with E-state index in [1.807, 2.05) is 0 Å². The van der Waals surface area contributed by atoms with Gasteiger partial charge in [0.2, 0.25) is 0 Å². The predicted octanol–water partition coefficient (Wildman–Crippen LogP) is 2.32. The van der Waals surface area contributed by atoms with Crippen molar-refractivity contribution in [3.05, 3.63) is 23.4 Å². The van der Waals surface area contributed by atoms with Crippen LogP contribution in [0.1, 0.15) is 32.6 Å². The average Bonchev–Trinajstić information content (AvgIpc) is 2.49. The van der Waals surface area contributed by atoms with Gasteiger partial charge in [-0.15, -0.1) is 0 Å². The first-order valence-electron chi connectivity index (χ1n) is 8.29. The van der Waals surface area contributed by atoms with Crippen molar-refractivity contribution >= 4 is 0 Å². The van der Waals surface area contributed by atoms with Crippen molar-refractivity contribution in [2.45, 2.75) is 38.6 Å². The average molecular weight is 275 g/mol. The van der Waals surface area contributed by atoms with E-state index in [2.05, 4.69) is 40.8 Å². The molecule has 3 nitrogen and oxygen atoms in total. The number of rotatable bonds is 2. The van der Waals surface area contributed by atoms with Gasteiger partial charge < -0.3 is 9.80 Å². The van der Waals surface area contributed by atoms with E-state index in [4.69, 9.17) is 0 Å². The number of hydrogen-bond donors (Lipinski definition) is 0. The third kappa shape index (κ3) is 3.09. The van der Waals surface area contributed by atoms with Gasteiger partial charge in [-0.05, 0) is 45.2 Å². The Balaban J connectivity index is 1.52. The van der Waals surface area contributed by atoms with Crippen LogP contribution >= 0.6 is 0 Å². The molecule has 0 amide bonds. The molecule has 3 heteroatoms. The highest BCUT2D eigenvalue weighted by molar-refractivity contribution is 5.31. The van der Waals surface area contributed by atoms with Gasteiger partial charge in [-0.3, -0.25) is 4.90 Å². The fourth-order valence-corrected chi connectivity index (χ4v) is 3.82. The van der Waals surface area contributed by atoms with Crippen LogP contribution in [-0.2, 0) is 0 Å². The minimum Gasteiger partial charge on any atom is -0.371 e. The zero-order valence-corrected chi connectivity index (χ0v) is 13.1. The molecule has 0 radical (unpaired) electrons. The molecule has 2 fully saturated rings. The Morgan fingerprint density at radius 2 is 1.55 bits per heavy atom. The summed E-state index contributed by atoms with van der Waals surface area (Å²) in [5, 5.41) is 0. The lowest BCUT2D eigenvalue weighted by Gasteiger charge is -2.43. The molecule has 2 aliphatic heterocycles. The molecule has 20 heavy (non-hydrogen) atoms. The number of hydrogen-bond acceptors (Lipinski definition) is 3. The zero-order valence-electron chi connectivity index (χ0n) is 13.1. The SMILES string of the molecule is CC1=CCCC=C1N1CCC(N2CCN(C)CC2)CC1. The lowest BCUT2D eigenvalue weighted by atomic mass is 9.98. The molecule has 0 bridgehead atoms. The van der Waals surface area contributed by atoms with Gasteiger partial charge in [0.15, 0.2) is 0 Å². The number of allylic oxidation sites excluding steroid dienone is 3. The molecule has 0 saturated carbocycles. The summed E-state index contributed by atoms with van der Waals surface area (Å²) in [5.41, 5.74) is 3.02. The van der Waals surface area contributed by atoms with E-state index in [0.717, 1.165) is 6.04 Å². The quantitative estimate of drug-likeness (QED) is 0.766. The van der Waals surface area contributed by atoms with Gasteiger partial charge in [0.05, 0.1) is 0 Å². The number of piperazine rings is 1. The molecule has 1 aliphatic carbocycles. The van der Waals surface area contributed by atoms with Crippen molar-refractivity contribution in [1.29, 1.82) is 0 Å². The molecular weight excluding hydrogens is 246 g/mol.